The molecule has 0 amide bonds. The van der Waals surface area contributed by atoms with Crippen LogP contribution in [0.3, 0.4) is 0 Å². The van der Waals surface area contributed by atoms with E-state index in [4.69, 9.17) is 11.6 Å². The maximum atomic E-state index is 12.2. The normalized spacial score (nSPS) is 18.1. The zero-order chi connectivity index (χ0) is 36.8. The van der Waals surface area contributed by atoms with Crippen LogP contribution in [0.5, 0.6) is 0 Å². The fourth-order valence-electron chi connectivity index (χ4n) is 8.30. The van der Waals surface area contributed by atoms with Gasteiger partial charge in [-0.1, -0.05) is 133 Å². The van der Waals surface area contributed by atoms with Gasteiger partial charge in [-0.3, -0.25) is 14.8 Å². The van der Waals surface area contributed by atoms with Gasteiger partial charge in [-0.15, -0.1) is 0 Å². The van der Waals surface area contributed by atoms with E-state index in [-0.39, 0.29) is 12.1 Å². The molecule has 0 bridgehead atoms. The summed E-state index contributed by atoms with van der Waals surface area (Å²) in [6.45, 7) is 2.12. The SMILES string of the molecule is CN1CCC[C@H]1c1cnc(Cl)cc1C(O)(c1ccccc1)c1ccccc1.CN1CCC[C@H]1c1cnccc1C(O)(c1ccccc1)c1ccccc1. The summed E-state index contributed by atoms with van der Waals surface area (Å²) < 4.78 is 0. The molecule has 0 spiro atoms. The second-order valence-electron chi connectivity index (χ2n) is 14.2. The molecule has 6 aromatic rings. The molecule has 2 aromatic heterocycles. The highest BCUT2D eigenvalue weighted by Crippen LogP contribution is 2.44. The van der Waals surface area contributed by atoms with Crippen molar-refractivity contribution in [3.63, 3.8) is 0 Å². The highest BCUT2D eigenvalue weighted by atomic mass is 35.5. The highest BCUT2D eigenvalue weighted by molar-refractivity contribution is 6.29. The van der Waals surface area contributed by atoms with Gasteiger partial charge in [0.2, 0.25) is 0 Å². The molecule has 2 N–H and O–H groups in total. The van der Waals surface area contributed by atoms with Gasteiger partial charge in [0.1, 0.15) is 16.4 Å². The summed E-state index contributed by atoms with van der Waals surface area (Å²) in [5.41, 5.74) is 4.76. The van der Waals surface area contributed by atoms with Crippen molar-refractivity contribution in [2.75, 3.05) is 27.2 Å². The van der Waals surface area contributed by atoms with Crippen molar-refractivity contribution in [2.45, 2.75) is 49.0 Å². The first-order chi connectivity index (χ1) is 25.8. The molecular formula is C46H47ClN4O2. The number of hydrogen-bond donors (Lipinski definition) is 2. The fourth-order valence-corrected chi connectivity index (χ4v) is 8.46. The lowest BCUT2D eigenvalue weighted by molar-refractivity contribution is 0.122. The molecule has 53 heavy (non-hydrogen) atoms. The molecule has 2 saturated heterocycles. The molecule has 2 aliphatic rings. The average molecular weight is 723 g/mol. The van der Waals surface area contributed by atoms with Crippen LogP contribution < -0.4 is 0 Å². The zero-order valence-electron chi connectivity index (χ0n) is 30.4. The van der Waals surface area contributed by atoms with Gasteiger partial charge < -0.3 is 10.2 Å². The third-order valence-corrected chi connectivity index (χ3v) is 11.3. The molecule has 2 fully saturated rings. The van der Waals surface area contributed by atoms with Gasteiger partial charge in [0.05, 0.1) is 0 Å². The van der Waals surface area contributed by atoms with E-state index in [1.165, 1.54) is 6.42 Å². The first kappa shape index (κ1) is 36.7. The molecule has 0 radical (unpaired) electrons. The molecule has 8 rings (SSSR count). The van der Waals surface area contributed by atoms with Gasteiger partial charge in [-0.05, 0) is 98.4 Å². The second-order valence-corrected chi connectivity index (χ2v) is 14.6. The Labute approximate surface area is 318 Å². The van der Waals surface area contributed by atoms with Crippen LogP contribution in [0.4, 0.5) is 0 Å². The van der Waals surface area contributed by atoms with Crippen LogP contribution in [-0.4, -0.2) is 57.2 Å². The Hall–Kier alpha value is -4.69. The van der Waals surface area contributed by atoms with Crippen molar-refractivity contribution < 1.29 is 10.2 Å². The van der Waals surface area contributed by atoms with Gasteiger partial charge in [-0.2, -0.15) is 0 Å². The first-order valence-corrected chi connectivity index (χ1v) is 18.9. The lowest BCUT2D eigenvalue weighted by Crippen LogP contribution is -2.32. The van der Waals surface area contributed by atoms with E-state index in [1.807, 2.05) is 146 Å². The molecule has 6 nitrogen and oxygen atoms in total. The molecule has 2 aliphatic heterocycles. The Morgan fingerprint density at radius 1 is 0.566 bits per heavy atom. The molecule has 7 heteroatoms. The first-order valence-electron chi connectivity index (χ1n) is 18.5. The summed E-state index contributed by atoms with van der Waals surface area (Å²) in [4.78, 5) is 13.4. The Morgan fingerprint density at radius 3 is 1.36 bits per heavy atom. The Morgan fingerprint density at radius 2 is 0.962 bits per heavy atom. The quantitative estimate of drug-likeness (QED) is 0.153. The predicted molar refractivity (Wildman–Crippen MR) is 213 cm³/mol. The minimum atomic E-state index is -1.30. The number of aromatic nitrogens is 2. The van der Waals surface area contributed by atoms with E-state index < -0.39 is 11.2 Å². The van der Waals surface area contributed by atoms with Crippen molar-refractivity contribution >= 4 is 11.6 Å². The molecule has 0 unspecified atom stereocenters. The third kappa shape index (κ3) is 7.30. The monoisotopic (exact) mass is 722 g/mol. The van der Waals surface area contributed by atoms with E-state index in [0.29, 0.717) is 5.15 Å². The Kier molecular flexibility index (Phi) is 11.2. The summed E-state index contributed by atoms with van der Waals surface area (Å²) in [6, 6.07) is 43.7. The van der Waals surface area contributed by atoms with E-state index in [9.17, 15) is 10.2 Å². The smallest absolute Gasteiger partial charge is 0.141 e. The van der Waals surface area contributed by atoms with Crippen LogP contribution >= 0.6 is 11.6 Å². The number of aliphatic hydroxyl groups is 2. The van der Waals surface area contributed by atoms with E-state index in [1.54, 1.807) is 6.20 Å². The summed E-state index contributed by atoms with van der Waals surface area (Å²) in [5, 5.41) is 24.7. The number of likely N-dealkylation sites (tertiary alicyclic amines) is 2. The molecule has 0 saturated carbocycles. The van der Waals surface area contributed by atoms with Crippen LogP contribution in [0.1, 0.15) is 82.3 Å². The number of nitrogens with zero attached hydrogens (tertiary/aromatic N) is 4. The molecule has 4 aromatic carbocycles. The van der Waals surface area contributed by atoms with E-state index in [0.717, 1.165) is 76.9 Å². The molecule has 0 aliphatic carbocycles. The van der Waals surface area contributed by atoms with Crippen LogP contribution in [0, 0.1) is 0 Å². The molecule has 270 valence electrons. The van der Waals surface area contributed by atoms with Gasteiger partial charge in [0.15, 0.2) is 0 Å². The topological polar surface area (TPSA) is 72.7 Å². The average Bonchev–Trinajstić information content (AvgIpc) is 3.86. The van der Waals surface area contributed by atoms with Crippen molar-refractivity contribution in [2.24, 2.45) is 0 Å². The molecule has 2 atom stereocenters. The lowest BCUT2D eigenvalue weighted by atomic mass is 9.77. The van der Waals surface area contributed by atoms with Crippen molar-refractivity contribution in [1.82, 2.24) is 19.8 Å². The number of pyridine rings is 2. The maximum absolute atomic E-state index is 12.2. The summed E-state index contributed by atoms with van der Waals surface area (Å²) in [7, 11) is 4.28. The lowest BCUT2D eigenvalue weighted by Gasteiger charge is -2.34. The van der Waals surface area contributed by atoms with E-state index in [2.05, 4.69) is 33.9 Å². The Balaban J connectivity index is 0.000000164. The molecular weight excluding hydrogens is 676 g/mol. The van der Waals surface area contributed by atoms with Crippen LogP contribution in [-0.2, 0) is 11.2 Å². The minimum absolute atomic E-state index is 0.226. The number of rotatable bonds is 8. The number of benzene rings is 4. The Bertz CT molecular complexity index is 2000. The highest BCUT2D eigenvalue weighted by Gasteiger charge is 2.40. The minimum Gasteiger partial charge on any atom is -0.376 e. The van der Waals surface area contributed by atoms with Gasteiger partial charge in [0, 0.05) is 41.8 Å². The third-order valence-electron chi connectivity index (χ3n) is 11.1. The number of hydrogen-bond acceptors (Lipinski definition) is 6. The standard InChI is InChI=1S/C23H23ClN2O.C23H24N2O/c1-26-14-8-13-21(26)19-16-25-22(24)15-20(19)23(27,17-9-4-2-5-10-17)18-11-6-3-7-12-18;1-25-16-8-13-22(25)20-17-24-15-14-21(20)23(26,18-9-4-2-5-10-18)19-11-6-3-7-12-19/h2-7,9-12,15-16,21,27H,8,13-14H2,1H3;2-7,9-12,14-15,17,22,26H,8,13,16H2,1H3/t21-;22-/m00/s1. The summed E-state index contributed by atoms with van der Waals surface area (Å²) >= 11 is 6.31. The van der Waals surface area contributed by atoms with Gasteiger partial charge in [0.25, 0.3) is 0 Å². The second kappa shape index (κ2) is 16.1. The van der Waals surface area contributed by atoms with Crippen molar-refractivity contribution in [3.05, 3.63) is 202 Å². The zero-order valence-corrected chi connectivity index (χ0v) is 31.1. The van der Waals surface area contributed by atoms with Crippen LogP contribution in [0.25, 0.3) is 0 Å². The number of halogens is 1. The van der Waals surface area contributed by atoms with Crippen LogP contribution in [0.2, 0.25) is 5.15 Å². The largest absolute Gasteiger partial charge is 0.376 e. The van der Waals surface area contributed by atoms with Gasteiger partial charge >= 0.3 is 0 Å². The van der Waals surface area contributed by atoms with Crippen LogP contribution in [0.15, 0.2) is 152 Å². The van der Waals surface area contributed by atoms with Crippen molar-refractivity contribution in [1.29, 1.82) is 0 Å². The maximum Gasteiger partial charge on any atom is 0.141 e. The predicted octanol–water partition coefficient (Wildman–Crippen LogP) is 8.92. The van der Waals surface area contributed by atoms with E-state index >= 15 is 0 Å². The van der Waals surface area contributed by atoms with Crippen molar-refractivity contribution in [3.8, 4) is 0 Å². The summed E-state index contributed by atoms with van der Waals surface area (Å²) in [5.74, 6) is 0. The van der Waals surface area contributed by atoms with Gasteiger partial charge in [-0.25, -0.2) is 4.98 Å². The summed E-state index contributed by atoms with van der Waals surface area (Å²) in [6.07, 6.45) is 9.99. The fraction of sp³-hybridized carbons (Fsp3) is 0.261. The molecule has 4 heterocycles.